The molecule has 0 aromatic heterocycles. The molecule has 0 aliphatic carbocycles. The number of ether oxygens (including phenoxy) is 1. The van der Waals surface area contributed by atoms with E-state index in [9.17, 15) is 14.7 Å². The van der Waals surface area contributed by atoms with Crippen LogP contribution in [0.3, 0.4) is 0 Å². The van der Waals surface area contributed by atoms with Gasteiger partial charge in [-0.1, -0.05) is 6.92 Å². The molecular formula is C15H28N2O4. The van der Waals surface area contributed by atoms with Crippen LogP contribution >= 0.6 is 0 Å². The van der Waals surface area contributed by atoms with Gasteiger partial charge < -0.3 is 20.1 Å². The summed E-state index contributed by atoms with van der Waals surface area (Å²) in [6.45, 7) is 7.56. The average molecular weight is 300 g/mol. The van der Waals surface area contributed by atoms with Crippen molar-refractivity contribution in [1.82, 2.24) is 10.2 Å². The fraction of sp³-hybridized carbons (Fsp3) is 0.867. The number of likely N-dealkylation sites (tertiary alicyclic amines) is 1. The number of aliphatic carboxylic acids is 1. The van der Waals surface area contributed by atoms with E-state index in [2.05, 4.69) is 5.32 Å². The summed E-state index contributed by atoms with van der Waals surface area (Å²) in [6.07, 6.45) is 3.67. The van der Waals surface area contributed by atoms with Crippen LogP contribution in [0.4, 0.5) is 4.79 Å². The maximum atomic E-state index is 12.2. The summed E-state index contributed by atoms with van der Waals surface area (Å²) in [4.78, 5) is 25.2. The first-order valence-corrected chi connectivity index (χ1v) is 7.84. The molecule has 0 radical (unpaired) electrons. The van der Waals surface area contributed by atoms with Crippen molar-refractivity contribution < 1.29 is 19.4 Å². The predicted molar refractivity (Wildman–Crippen MR) is 80.3 cm³/mol. The predicted octanol–water partition coefficient (Wildman–Crippen LogP) is 2.23. The van der Waals surface area contributed by atoms with Crippen molar-refractivity contribution in [3.05, 3.63) is 0 Å². The van der Waals surface area contributed by atoms with Gasteiger partial charge in [0.1, 0.15) is 5.54 Å². The molecule has 1 atom stereocenters. The number of hydrogen-bond donors (Lipinski definition) is 2. The van der Waals surface area contributed by atoms with Crippen LogP contribution in [-0.2, 0) is 9.53 Å². The number of unbranched alkanes of at least 4 members (excludes halogenated alkanes) is 1. The van der Waals surface area contributed by atoms with E-state index in [0.717, 1.165) is 19.3 Å². The van der Waals surface area contributed by atoms with Gasteiger partial charge in [0.05, 0.1) is 6.10 Å². The molecule has 21 heavy (non-hydrogen) atoms. The van der Waals surface area contributed by atoms with Crippen molar-refractivity contribution in [1.29, 1.82) is 0 Å². The number of hydrogen-bond acceptors (Lipinski definition) is 3. The SMILES string of the molecule is CCC1(C(=O)O)CCCN1C(=O)NCCCCOC(C)C. The van der Waals surface area contributed by atoms with Crippen LogP contribution in [-0.4, -0.2) is 53.3 Å². The Balaban J connectivity index is 2.36. The third kappa shape index (κ3) is 4.59. The van der Waals surface area contributed by atoms with Gasteiger partial charge in [-0.05, 0) is 46.0 Å². The van der Waals surface area contributed by atoms with Gasteiger partial charge in [-0.25, -0.2) is 9.59 Å². The van der Waals surface area contributed by atoms with Crippen molar-refractivity contribution in [2.45, 2.75) is 64.5 Å². The maximum absolute atomic E-state index is 12.2. The lowest BCUT2D eigenvalue weighted by molar-refractivity contribution is -0.148. The second-order valence-corrected chi connectivity index (χ2v) is 5.80. The Morgan fingerprint density at radius 1 is 1.38 bits per heavy atom. The number of carbonyl (C=O) groups excluding carboxylic acids is 1. The Morgan fingerprint density at radius 3 is 2.67 bits per heavy atom. The Morgan fingerprint density at radius 2 is 2.10 bits per heavy atom. The topological polar surface area (TPSA) is 78.9 Å². The van der Waals surface area contributed by atoms with E-state index < -0.39 is 11.5 Å². The number of nitrogens with one attached hydrogen (secondary N) is 1. The molecule has 1 rings (SSSR count). The lowest BCUT2D eigenvalue weighted by Gasteiger charge is -2.33. The van der Waals surface area contributed by atoms with E-state index in [0.29, 0.717) is 32.5 Å². The first-order chi connectivity index (χ1) is 9.94. The van der Waals surface area contributed by atoms with Crippen molar-refractivity contribution in [2.75, 3.05) is 19.7 Å². The fourth-order valence-corrected chi connectivity index (χ4v) is 2.75. The molecule has 1 fully saturated rings. The molecule has 6 nitrogen and oxygen atoms in total. The van der Waals surface area contributed by atoms with Crippen molar-refractivity contribution in [3.8, 4) is 0 Å². The number of carboxylic acids is 1. The summed E-state index contributed by atoms with van der Waals surface area (Å²) < 4.78 is 5.43. The highest BCUT2D eigenvalue weighted by Crippen LogP contribution is 2.32. The van der Waals surface area contributed by atoms with E-state index >= 15 is 0 Å². The molecule has 0 aromatic rings. The summed E-state index contributed by atoms with van der Waals surface area (Å²) >= 11 is 0. The van der Waals surface area contributed by atoms with E-state index in [4.69, 9.17) is 4.74 Å². The highest BCUT2D eigenvalue weighted by molar-refractivity contribution is 5.87. The molecule has 1 unspecified atom stereocenters. The number of urea groups is 1. The Bertz CT molecular complexity index is 360. The first-order valence-electron chi connectivity index (χ1n) is 7.84. The van der Waals surface area contributed by atoms with Gasteiger partial charge in [0, 0.05) is 19.7 Å². The van der Waals surface area contributed by atoms with Gasteiger partial charge in [-0.2, -0.15) is 0 Å². The maximum Gasteiger partial charge on any atom is 0.329 e. The van der Waals surface area contributed by atoms with Crippen LogP contribution in [0, 0.1) is 0 Å². The molecule has 0 spiro atoms. The molecule has 2 N–H and O–H groups in total. The zero-order chi connectivity index (χ0) is 15.9. The quantitative estimate of drug-likeness (QED) is 0.674. The van der Waals surface area contributed by atoms with Crippen LogP contribution in [0.2, 0.25) is 0 Å². The van der Waals surface area contributed by atoms with Crippen molar-refractivity contribution in [3.63, 3.8) is 0 Å². The van der Waals surface area contributed by atoms with Crippen LogP contribution in [0.1, 0.15) is 52.9 Å². The minimum Gasteiger partial charge on any atom is -0.479 e. The molecule has 0 bridgehead atoms. The van der Waals surface area contributed by atoms with Crippen LogP contribution < -0.4 is 5.32 Å². The number of carbonyl (C=O) groups is 2. The lowest BCUT2D eigenvalue weighted by Crippen LogP contribution is -2.55. The van der Waals surface area contributed by atoms with E-state index in [1.165, 1.54) is 4.90 Å². The second kappa shape index (κ2) is 8.22. The molecular weight excluding hydrogens is 272 g/mol. The molecule has 1 saturated heterocycles. The molecule has 6 heteroatoms. The standard InChI is InChI=1S/C15H28N2O4/c1-4-15(13(18)19)8-7-10-17(15)14(20)16-9-5-6-11-21-12(2)3/h12H,4-11H2,1-3H3,(H,16,20)(H,18,19). The third-order valence-electron chi connectivity index (χ3n) is 4.02. The molecule has 122 valence electrons. The largest absolute Gasteiger partial charge is 0.479 e. The summed E-state index contributed by atoms with van der Waals surface area (Å²) in [6, 6.07) is -0.262. The van der Waals surface area contributed by atoms with Crippen LogP contribution in [0.25, 0.3) is 0 Å². The van der Waals surface area contributed by atoms with Crippen LogP contribution in [0.5, 0.6) is 0 Å². The lowest BCUT2D eigenvalue weighted by atomic mass is 9.93. The molecule has 2 amide bonds. The molecule has 1 heterocycles. The number of nitrogens with zero attached hydrogens (tertiary/aromatic N) is 1. The normalized spacial score (nSPS) is 21.8. The van der Waals surface area contributed by atoms with E-state index in [1.54, 1.807) is 0 Å². The van der Waals surface area contributed by atoms with E-state index in [-0.39, 0.29) is 12.1 Å². The molecule has 0 saturated carbocycles. The number of rotatable bonds is 8. The zero-order valence-electron chi connectivity index (χ0n) is 13.4. The van der Waals surface area contributed by atoms with E-state index in [1.807, 2.05) is 20.8 Å². The van der Waals surface area contributed by atoms with Gasteiger partial charge in [-0.15, -0.1) is 0 Å². The Labute approximate surface area is 126 Å². The van der Waals surface area contributed by atoms with Gasteiger partial charge >= 0.3 is 12.0 Å². The first kappa shape index (κ1) is 17.8. The Hall–Kier alpha value is -1.30. The second-order valence-electron chi connectivity index (χ2n) is 5.80. The van der Waals surface area contributed by atoms with Gasteiger partial charge in [0.25, 0.3) is 0 Å². The number of amides is 2. The Kier molecular flexibility index (Phi) is 6.95. The summed E-state index contributed by atoms with van der Waals surface area (Å²) in [5, 5.41) is 12.3. The monoisotopic (exact) mass is 300 g/mol. The van der Waals surface area contributed by atoms with Crippen molar-refractivity contribution in [2.24, 2.45) is 0 Å². The minimum absolute atomic E-state index is 0.227. The molecule has 0 aromatic carbocycles. The fourth-order valence-electron chi connectivity index (χ4n) is 2.75. The third-order valence-corrected chi connectivity index (χ3v) is 4.02. The van der Waals surface area contributed by atoms with Gasteiger partial charge in [0.2, 0.25) is 0 Å². The summed E-state index contributed by atoms with van der Waals surface area (Å²) in [7, 11) is 0. The number of carboxylic acid groups (broad SMARTS) is 1. The van der Waals surface area contributed by atoms with Crippen LogP contribution in [0.15, 0.2) is 0 Å². The zero-order valence-corrected chi connectivity index (χ0v) is 13.4. The minimum atomic E-state index is -1.02. The van der Waals surface area contributed by atoms with Gasteiger partial charge in [-0.3, -0.25) is 0 Å². The highest BCUT2D eigenvalue weighted by Gasteiger charge is 2.48. The molecule has 1 aliphatic rings. The molecule has 1 aliphatic heterocycles. The van der Waals surface area contributed by atoms with Crippen molar-refractivity contribution >= 4 is 12.0 Å². The van der Waals surface area contributed by atoms with Gasteiger partial charge in [0.15, 0.2) is 0 Å². The summed E-state index contributed by atoms with van der Waals surface area (Å²) in [5.74, 6) is -0.900. The smallest absolute Gasteiger partial charge is 0.329 e. The summed E-state index contributed by atoms with van der Waals surface area (Å²) in [5.41, 5.74) is -1.02. The highest BCUT2D eigenvalue weighted by atomic mass is 16.5. The average Bonchev–Trinajstić information content (AvgIpc) is 2.87.